The minimum absolute atomic E-state index is 0.0263. The van der Waals surface area contributed by atoms with E-state index in [-0.39, 0.29) is 10.8 Å². The third kappa shape index (κ3) is 6.71. The Morgan fingerprint density at radius 2 is 0.867 bits per heavy atom. The van der Waals surface area contributed by atoms with E-state index in [4.69, 9.17) is 9.47 Å². The van der Waals surface area contributed by atoms with Gasteiger partial charge < -0.3 is 9.47 Å². The van der Waals surface area contributed by atoms with Crippen LogP contribution in [0.2, 0.25) is 0 Å². The van der Waals surface area contributed by atoms with Crippen LogP contribution in [0.15, 0.2) is 84.9 Å². The molecule has 0 atom stereocenters. The van der Waals surface area contributed by atoms with Crippen LogP contribution < -0.4 is 9.47 Å². The van der Waals surface area contributed by atoms with Crippen LogP contribution in [0.1, 0.15) is 127 Å². The molecule has 0 aromatic heterocycles. The quantitative estimate of drug-likeness (QED) is 0.132. The summed E-state index contributed by atoms with van der Waals surface area (Å²) in [7, 11) is 0. The van der Waals surface area contributed by atoms with E-state index in [2.05, 4.69) is 140 Å². The lowest BCUT2D eigenvalue weighted by Crippen LogP contribution is -2.29. The van der Waals surface area contributed by atoms with Crippen LogP contribution in [-0.2, 0) is 16.2 Å². The summed E-state index contributed by atoms with van der Waals surface area (Å²) in [6, 6.07) is 32.3. The van der Waals surface area contributed by atoms with Crippen LogP contribution in [-0.4, -0.2) is 13.2 Å². The summed E-state index contributed by atoms with van der Waals surface area (Å²) in [5, 5.41) is 0. The van der Waals surface area contributed by atoms with Gasteiger partial charge in [-0.15, -0.1) is 0 Å². The molecular weight excluding hydrogens is 548 g/mol. The molecule has 0 saturated carbocycles. The number of rotatable bonds is 12. The van der Waals surface area contributed by atoms with Gasteiger partial charge in [0.25, 0.3) is 0 Å². The molecule has 4 aromatic rings. The number of ether oxygens (including phenoxy) is 2. The standard InChI is InChI=1S/C43H54O2/c1-9-11-13-27-44-35-21-15-31(16-22-35)43(32-17-23-36(24-18-32)45-28-14-12-10-2)39-29-33(41(3,4)5)19-25-37(39)38-26-20-34(30-40(38)43)42(6,7)8/h15-26,29-30H,9-14,27-28H2,1-8H3. The molecule has 0 bridgehead atoms. The number of fused-ring (bicyclic) bond motifs is 3. The van der Waals surface area contributed by atoms with Crippen molar-refractivity contribution in [3.8, 4) is 22.6 Å². The van der Waals surface area contributed by atoms with Gasteiger partial charge in [0.05, 0.1) is 18.6 Å². The molecule has 0 heterocycles. The molecule has 2 nitrogen and oxygen atoms in total. The Balaban J connectivity index is 1.73. The summed E-state index contributed by atoms with van der Waals surface area (Å²) in [5.74, 6) is 1.87. The summed E-state index contributed by atoms with van der Waals surface area (Å²) in [6.45, 7) is 19.8. The van der Waals surface area contributed by atoms with Crippen molar-refractivity contribution in [2.45, 2.75) is 110 Å². The molecule has 0 spiro atoms. The molecule has 0 N–H and O–H groups in total. The maximum atomic E-state index is 6.18. The molecule has 0 radical (unpaired) electrons. The van der Waals surface area contributed by atoms with Crippen LogP contribution in [0.3, 0.4) is 0 Å². The van der Waals surface area contributed by atoms with E-state index in [0.717, 1.165) is 37.6 Å². The first-order valence-electron chi connectivity index (χ1n) is 17.3. The van der Waals surface area contributed by atoms with Gasteiger partial charge in [-0.05, 0) is 92.4 Å². The predicted molar refractivity (Wildman–Crippen MR) is 191 cm³/mol. The SMILES string of the molecule is CCCCCOc1ccc(C2(c3ccc(OCCCCC)cc3)c3cc(C(C)(C)C)ccc3-c3ccc(C(C)(C)C)cc32)cc1. The average molecular weight is 603 g/mol. The highest BCUT2D eigenvalue weighted by atomic mass is 16.5. The van der Waals surface area contributed by atoms with E-state index in [0.29, 0.717) is 0 Å². The summed E-state index contributed by atoms with van der Waals surface area (Å²) in [5.41, 5.74) is 10.1. The van der Waals surface area contributed by atoms with Gasteiger partial charge in [-0.3, -0.25) is 0 Å². The first kappa shape index (κ1) is 32.9. The van der Waals surface area contributed by atoms with Crippen molar-refractivity contribution in [1.29, 1.82) is 0 Å². The fourth-order valence-electron chi connectivity index (χ4n) is 6.73. The first-order chi connectivity index (χ1) is 21.5. The van der Waals surface area contributed by atoms with Crippen LogP contribution in [0.5, 0.6) is 11.5 Å². The summed E-state index contributed by atoms with van der Waals surface area (Å²) in [4.78, 5) is 0. The van der Waals surface area contributed by atoms with Crippen molar-refractivity contribution in [3.63, 3.8) is 0 Å². The molecule has 45 heavy (non-hydrogen) atoms. The highest BCUT2D eigenvalue weighted by Gasteiger charge is 2.47. The van der Waals surface area contributed by atoms with Crippen molar-refractivity contribution < 1.29 is 9.47 Å². The second kappa shape index (κ2) is 13.5. The number of unbranched alkanes of at least 4 members (excludes halogenated alkanes) is 4. The monoisotopic (exact) mass is 602 g/mol. The molecule has 0 aliphatic heterocycles. The minimum Gasteiger partial charge on any atom is -0.494 e. The summed E-state index contributed by atoms with van der Waals surface area (Å²) in [6.07, 6.45) is 6.94. The molecule has 238 valence electrons. The first-order valence-corrected chi connectivity index (χ1v) is 17.3. The number of hydrogen-bond donors (Lipinski definition) is 0. The minimum atomic E-state index is -0.478. The predicted octanol–water partition coefficient (Wildman–Crippen LogP) is 11.8. The molecule has 2 heteroatoms. The zero-order valence-corrected chi connectivity index (χ0v) is 29.1. The van der Waals surface area contributed by atoms with Crippen LogP contribution in [0.4, 0.5) is 0 Å². The van der Waals surface area contributed by atoms with E-state index in [1.165, 1.54) is 70.2 Å². The maximum absolute atomic E-state index is 6.18. The van der Waals surface area contributed by atoms with Gasteiger partial charge in [-0.1, -0.05) is 142 Å². The molecule has 0 unspecified atom stereocenters. The molecule has 1 aliphatic rings. The van der Waals surface area contributed by atoms with E-state index < -0.39 is 5.41 Å². The third-order valence-corrected chi connectivity index (χ3v) is 9.48. The zero-order valence-electron chi connectivity index (χ0n) is 29.1. The Kier molecular flexibility index (Phi) is 9.83. The molecule has 0 amide bonds. The normalized spacial score (nSPS) is 13.8. The molecule has 5 rings (SSSR count). The second-order valence-corrected chi connectivity index (χ2v) is 14.9. The fraction of sp³-hybridized carbons (Fsp3) is 0.442. The van der Waals surface area contributed by atoms with E-state index in [9.17, 15) is 0 Å². The summed E-state index contributed by atoms with van der Waals surface area (Å²) >= 11 is 0. The van der Waals surface area contributed by atoms with Crippen molar-refractivity contribution in [1.82, 2.24) is 0 Å². The lowest BCUT2D eigenvalue weighted by Gasteiger charge is -2.35. The lowest BCUT2D eigenvalue weighted by atomic mass is 9.66. The van der Waals surface area contributed by atoms with Crippen molar-refractivity contribution in [3.05, 3.63) is 118 Å². The van der Waals surface area contributed by atoms with Gasteiger partial charge in [0.2, 0.25) is 0 Å². The van der Waals surface area contributed by atoms with Gasteiger partial charge in [0.1, 0.15) is 11.5 Å². The van der Waals surface area contributed by atoms with Gasteiger partial charge in [-0.25, -0.2) is 0 Å². The van der Waals surface area contributed by atoms with Gasteiger partial charge in [0, 0.05) is 0 Å². The van der Waals surface area contributed by atoms with Crippen LogP contribution in [0.25, 0.3) is 11.1 Å². The van der Waals surface area contributed by atoms with Crippen LogP contribution in [0, 0.1) is 0 Å². The average Bonchev–Trinajstić information content (AvgIpc) is 3.31. The van der Waals surface area contributed by atoms with Crippen molar-refractivity contribution in [2.75, 3.05) is 13.2 Å². The van der Waals surface area contributed by atoms with Gasteiger partial charge in [-0.2, -0.15) is 0 Å². The highest BCUT2D eigenvalue weighted by Crippen LogP contribution is 2.57. The van der Waals surface area contributed by atoms with E-state index in [1.54, 1.807) is 0 Å². The molecule has 1 aliphatic carbocycles. The van der Waals surface area contributed by atoms with Crippen molar-refractivity contribution >= 4 is 0 Å². The number of hydrogen-bond acceptors (Lipinski definition) is 2. The Morgan fingerprint density at radius 3 is 1.20 bits per heavy atom. The summed E-state index contributed by atoms with van der Waals surface area (Å²) < 4.78 is 12.4. The van der Waals surface area contributed by atoms with E-state index >= 15 is 0 Å². The molecule has 4 aromatic carbocycles. The fourth-order valence-corrected chi connectivity index (χ4v) is 6.73. The topological polar surface area (TPSA) is 18.5 Å². The van der Waals surface area contributed by atoms with Crippen molar-refractivity contribution in [2.24, 2.45) is 0 Å². The molecular formula is C43H54O2. The lowest BCUT2D eigenvalue weighted by molar-refractivity contribution is 0.306. The molecule has 0 fully saturated rings. The second-order valence-electron chi connectivity index (χ2n) is 14.9. The number of benzene rings is 4. The maximum Gasteiger partial charge on any atom is 0.119 e. The Bertz CT molecular complexity index is 1440. The Hall–Kier alpha value is -3.52. The largest absolute Gasteiger partial charge is 0.494 e. The zero-order chi connectivity index (χ0) is 32.2. The van der Waals surface area contributed by atoms with E-state index in [1.807, 2.05) is 0 Å². The third-order valence-electron chi connectivity index (χ3n) is 9.48. The van der Waals surface area contributed by atoms with Gasteiger partial charge >= 0.3 is 0 Å². The molecule has 0 saturated heterocycles. The Morgan fingerprint density at radius 1 is 0.489 bits per heavy atom. The Labute approximate surface area is 273 Å². The highest BCUT2D eigenvalue weighted by molar-refractivity contribution is 5.87. The van der Waals surface area contributed by atoms with Crippen LogP contribution >= 0.6 is 0 Å². The van der Waals surface area contributed by atoms with Gasteiger partial charge in [0.15, 0.2) is 0 Å². The smallest absolute Gasteiger partial charge is 0.119 e.